The molecule has 0 saturated carbocycles. The lowest BCUT2D eigenvalue weighted by Crippen LogP contribution is -2.14. The Labute approximate surface area is 179 Å². The highest BCUT2D eigenvalue weighted by Crippen LogP contribution is 2.32. The standard InChI is InChI=1S/C19H24ClF2N5O2S/c1-6-26(4)11-23-15-8-12(3)16(9-14(15)20)30(29,7-2)25-19(28)17-13(18(21)22)10-27(5)24-17/h8-11,18H,6-7H2,1-5H3. The Kier molecular flexibility index (Phi) is 7.70. The Morgan fingerprint density at radius 1 is 1.40 bits per heavy atom. The highest BCUT2D eigenvalue weighted by atomic mass is 35.5. The van der Waals surface area contributed by atoms with Gasteiger partial charge >= 0.3 is 5.91 Å². The van der Waals surface area contributed by atoms with Crippen molar-refractivity contribution in [1.29, 1.82) is 0 Å². The lowest BCUT2D eigenvalue weighted by Gasteiger charge is -2.13. The molecule has 0 aliphatic carbocycles. The molecule has 1 atom stereocenters. The number of carbonyl (C=O) groups is 1. The van der Waals surface area contributed by atoms with Crippen LogP contribution < -0.4 is 0 Å². The molecule has 7 nitrogen and oxygen atoms in total. The van der Waals surface area contributed by atoms with Crippen molar-refractivity contribution in [2.24, 2.45) is 16.4 Å². The molecule has 1 aromatic carbocycles. The Morgan fingerprint density at radius 2 is 2.07 bits per heavy atom. The highest BCUT2D eigenvalue weighted by molar-refractivity contribution is 7.94. The quantitative estimate of drug-likeness (QED) is 0.447. The molecule has 2 rings (SSSR count). The molecule has 0 spiro atoms. The van der Waals surface area contributed by atoms with E-state index in [2.05, 4.69) is 14.5 Å². The van der Waals surface area contributed by atoms with Crippen molar-refractivity contribution in [3.63, 3.8) is 0 Å². The number of carbonyl (C=O) groups excluding carboxylic acids is 1. The van der Waals surface area contributed by atoms with E-state index < -0.39 is 33.3 Å². The number of nitrogens with zero attached hydrogens (tertiary/aromatic N) is 5. The van der Waals surface area contributed by atoms with Crippen molar-refractivity contribution in [2.45, 2.75) is 32.1 Å². The average molecular weight is 460 g/mol. The Hall–Kier alpha value is -2.33. The molecular formula is C19H24ClF2N5O2S. The summed E-state index contributed by atoms with van der Waals surface area (Å²) in [4.78, 5) is 19.0. The lowest BCUT2D eigenvalue weighted by molar-refractivity contribution is 0.0985. The van der Waals surface area contributed by atoms with E-state index in [-0.39, 0.29) is 15.7 Å². The molecule has 164 valence electrons. The van der Waals surface area contributed by atoms with Crippen LogP contribution in [0.4, 0.5) is 14.5 Å². The maximum Gasteiger partial charge on any atom is 0.306 e. The van der Waals surface area contributed by atoms with Crippen LogP contribution >= 0.6 is 11.6 Å². The number of aryl methyl sites for hydroxylation is 2. The Balaban J connectivity index is 2.54. The molecule has 0 radical (unpaired) electrons. The maximum absolute atomic E-state index is 13.5. The number of halogens is 3. The predicted octanol–water partition coefficient (Wildman–Crippen LogP) is 4.62. The molecule has 30 heavy (non-hydrogen) atoms. The average Bonchev–Trinajstić information content (AvgIpc) is 3.10. The highest BCUT2D eigenvalue weighted by Gasteiger charge is 2.25. The van der Waals surface area contributed by atoms with Crippen molar-refractivity contribution in [3.05, 3.63) is 40.2 Å². The van der Waals surface area contributed by atoms with Crippen LogP contribution in [-0.2, 0) is 16.8 Å². The van der Waals surface area contributed by atoms with E-state index in [0.717, 1.165) is 17.4 Å². The van der Waals surface area contributed by atoms with Gasteiger partial charge in [0.05, 0.1) is 37.2 Å². The van der Waals surface area contributed by atoms with Crippen molar-refractivity contribution < 1.29 is 17.8 Å². The molecule has 2 aromatic rings. The van der Waals surface area contributed by atoms with Gasteiger partial charge in [-0.3, -0.25) is 9.48 Å². The van der Waals surface area contributed by atoms with E-state index in [4.69, 9.17) is 11.6 Å². The van der Waals surface area contributed by atoms with Gasteiger partial charge in [-0.15, -0.1) is 0 Å². The van der Waals surface area contributed by atoms with Crippen LogP contribution in [0.1, 0.15) is 41.9 Å². The summed E-state index contributed by atoms with van der Waals surface area (Å²) < 4.78 is 44.8. The second-order valence-electron chi connectivity index (χ2n) is 6.62. The Bertz CT molecular complexity index is 1090. The van der Waals surface area contributed by atoms with E-state index in [1.807, 2.05) is 18.9 Å². The topological polar surface area (TPSA) is 79.9 Å². The third-order valence-electron chi connectivity index (χ3n) is 4.40. The van der Waals surface area contributed by atoms with Crippen LogP contribution in [0.2, 0.25) is 5.02 Å². The van der Waals surface area contributed by atoms with Gasteiger partial charge in [-0.1, -0.05) is 18.5 Å². The van der Waals surface area contributed by atoms with Crippen LogP contribution in [0.3, 0.4) is 0 Å². The number of rotatable bonds is 7. The van der Waals surface area contributed by atoms with Crippen molar-refractivity contribution in [2.75, 3.05) is 19.3 Å². The zero-order valence-corrected chi connectivity index (χ0v) is 19.0. The summed E-state index contributed by atoms with van der Waals surface area (Å²) in [7, 11) is 0.0175. The molecule has 0 bridgehead atoms. The van der Waals surface area contributed by atoms with Crippen LogP contribution in [-0.4, -0.2) is 50.5 Å². The minimum Gasteiger partial charge on any atom is -0.366 e. The number of amides is 1. The molecule has 0 saturated heterocycles. The van der Waals surface area contributed by atoms with Gasteiger partial charge in [0.25, 0.3) is 6.43 Å². The second-order valence-corrected chi connectivity index (χ2v) is 9.51. The van der Waals surface area contributed by atoms with Crippen LogP contribution in [0.15, 0.2) is 32.6 Å². The van der Waals surface area contributed by atoms with E-state index >= 15 is 0 Å². The molecular weight excluding hydrogens is 436 g/mol. The molecule has 0 aliphatic rings. The monoisotopic (exact) mass is 459 g/mol. The first-order valence-corrected chi connectivity index (χ1v) is 11.2. The smallest absolute Gasteiger partial charge is 0.306 e. The molecule has 11 heteroatoms. The van der Waals surface area contributed by atoms with Gasteiger partial charge in [-0.2, -0.15) is 9.46 Å². The lowest BCUT2D eigenvalue weighted by atomic mass is 10.2. The second kappa shape index (κ2) is 9.65. The predicted molar refractivity (Wildman–Crippen MR) is 115 cm³/mol. The fourth-order valence-corrected chi connectivity index (χ4v) is 4.65. The number of hydrogen-bond donors (Lipinski definition) is 0. The molecule has 1 unspecified atom stereocenters. The number of alkyl halides is 2. The summed E-state index contributed by atoms with van der Waals surface area (Å²) in [6.45, 7) is 6.03. The molecule has 0 fully saturated rings. The van der Waals surface area contributed by atoms with Crippen molar-refractivity contribution >= 4 is 39.3 Å². The van der Waals surface area contributed by atoms with E-state index in [1.165, 1.54) is 13.1 Å². The number of hydrogen-bond acceptors (Lipinski definition) is 4. The summed E-state index contributed by atoms with van der Waals surface area (Å²) >= 11 is 6.32. The van der Waals surface area contributed by atoms with Gasteiger partial charge in [0, 0.05) is 32.6 Å². The van der Waals surface area contributed by atoms with Crippen molar-refractivity contribution in [3.8, 4) is 0 Å². The third-order valence-corrected chi connectivity index (χ3v) is 7.07. The summed E-state index contributed by atoms with van der Waals surface area (Å²) in [5, 5.41) is 4.01. The van der Waals surface area contributed by atoms with Gasteiger partial charge in [0.15, 0.2) is 5.69 Å². The molecule has 0 N–H and O–H groups in total. The minimum atomic E-state index is -3.26. The molecule has 0 aliphatic heterocycles. The number of aliphatic imine (C=N–C) groups is 1. The van der Waals surface area contributed by atoms with Gasteiger partial charge in [0.2, 0.25) is 0 Å². The SMILES string of the molecule is CCN(C)C=Nc1cc(C)c(S(=O)(CC)=NC(=O)c2nn(C)cc2C(F)F)cc1Cl. The van der Waals surface area contributed by atoms with Crippen LogP contribution in [0.25, 0.3) is 0 Å². The number of benzene rings is 1. The largest absolute Gasteiger partial charge is 0.366 e. The first kappa shape index (κ1) is 23.9. The van der Waals surface area contributed by atoms with Gasteiger partial charge in [-0.05, 0) is 31.5 Å². The summed E-state index contributed by atoms with van der Waals surface area (Å²) in [6.07, 6.45) is -0.234. The van der Waals surface area contributed by atoms with Gasteiger partial charge < -0.3 is 4.90 Å². The fraction of sp³-hybridized carbons (Fsp3) is 0.421. The zero-order valence-electron chi connectivity index (χ0n) is 17.4. The van der Waals surface area contributed by atoms with Crippen LogP contribution in [0.5, 0.6) is 0 Å². The first-order valence-electron chi connectivity index (χ1n) is 9.17. The summed E-state index contributed by atoms with van der Waals surface area (Å²) in [6, 6.07) is 3.11. The van der Waals surface area contributed by atoms with E-state index in [0.29, 0.717) is 11.3 Å². The normalized spacial score (nSPS) is 13.6. The molecule has 1 aromatic heterocycles. The van der Waals surface area contributed by atoms with Crippen molar-refractivity contribution in [1.82, 2.24) is 14.7 Å². The molecule has 1 heterocycles. The summed E-state index contributed by atoms with van der Waals surface area (Å²) in [5.74, 6) is -1.06. The zero-order chi connectivity index (χ0) is 22.6. The van der Waals surface area contributed by atoms with Gasteiger partial charge in [0.1, 0.15) is 0 Å². The third kappa shape index (κ3) is 5.23. The minimum absolute atomic E-state index is 0.00601. The Morgan fingerprint density at radius 3 is 2.63 bits per heavy atom. The van der Waals surface area contributed by atoms with E-state index in [1.54, 1.807) is 26.3 Å². The van der Waals surface area contributed by atoms with E-state index in [9.17, 15) is 17.8 Å². The number of aromatic nitrogens is 2. The summed E-state index contributed by atoms with van der Waals surface area (Å²) in [5.41, 5.74) is -0.0128. The fourth-order valence-electron chi connectivity index (χ4n) is 2.61. The van der Waals surface area contributed by atoms with Crippen LogP contribution in [0, 0.1) is 6.92 Å². The molecule has 1 amide bonds. The maximum atomic E-state index is 13.5. The van der Waals surface area contributed by atoms with Gasteiger partial charge in [-0.25, -0.2) is 18.0 Å². The first-order chi connectivity index (χ1) is 14.0.